The fourth-order valence-corrected chi connectivity index (χ4v) is 4.50. The standard InChI is InChI=1S/C16H21NO4S/c1-12-2-4-14(5-3-12)22(19,20)21-13-6-8-16(9-7-13)10-11-17-15(16)18/h2-5,13H,6-11H2,1H3,(H,17,18). The van der Waals surface area contributed by atoms with Gasteiger partial charge in [-0.2, -0.15) is 8.42 Å². The van der Waals surface area contributed by atoms with Gasteiger partial charge in [0.15, 0.2) is 0 Å². The number of rotatable bonds is 3. The molecule has 0 atom stereocenters. The molecule has 22 heavy (non-hydrogen) atoms. The fourth-order valence-electron chi connectivity index (χ4n) is 3.37. The summed E-state index contributed by atoms with van der Waals surface area (Å²) in [5, 5.41) is 2.88. The maximum absolute atomic E-state index is 12.3. The van der Waals surface area contributed by atoms with Crippen LogP contribution in [0.3, 0.4) is 0 Å². The minimum Gasteiger partial charge on any atom is -0.356 e. The lowest BCUT2D eigenvalue weighted by molar-refractivity contribution is -0.130. The first kappa shape index (κ1) is 15.5. The Balaban J connectivity index is 1.65. The minimum atomic E-state index is -3.73. The highest BCUT2D eigenvalue weighted by atomic mass is 32.2. The van der Waals surface area contributed by atoms with Gasteiger partial charge in [-0.1, -0.05) is 17.7 Å². The monoisotopic (exact) mass is 323 g/mol. The second-order valence-electron chi connectivity index (χ2n) is 6.35. The smallest absolute Gasteiger partial charge is 0.297 e. The molecule has 6 heteroatoms. The summed E-state index contributed by atoms with van der Waals surface area (Å²) in [4.78, 5) is 12.1. The molecule has 120 valence electrons. The number of aryl methyl sites for hydroxylation is 1. The molecule has 2 aliphatic rings. The van der Waals surface area contributed by atoms with Crippen molar-refractivity contribution in [1.82, 2.24) is 5.32 Å². The predicted molar refractivity (Wildman–Crippen MR) is 81.8 cm³/mol. The predicted octanol–water partition coefficient (Wildman–Crippen LogP) is 2.15. The molecular weight excluding hydrogens is 302 g/mol. The van der Waals surface area contributed by atoms with Gasteiger partial charge in [-0.25, -0.2) is 0 Å². The van der Waals surface area contributed by atoms with Crippen molar-refractivity contribution in [2.24, 2.45) is 5.41 Å². The van der Waals surface area contributed by atoms with E-state index in [0.29, 0.717) is 25.7 Å². The summed E-state index contributed by atoms with van der Waals surface area (Å²) < 4.78 is 30.0. The minimum absolute atomic E-state index is 0.118. The summed E-state index contributed by atoms with van der Waals surface area (Å²) >= 11 is 0. The van der Waals surface area contributed by atoms with E-state index in [4.69, 9.17) is 4.18 Å². The molecular formula is C16H21NO4S. The van der Waals surface area contributed by atoms with Gasteiger partial charge >= 0.3 is 0 Å². The number of carbonyl (C=O) groups excluding carboxylic acids is 1. The van der Waals surface area contributed by atoms with Crippen molar-refractivity contribution in [3.63, 3.8) is 0 Å². The average Bonchev–Trinajstić information content (AvgIpc) is 2.83. The number of hydrogen-bond acceptors (Lipinski definition) is 4. The van der Waals surface area contributed by atoms with Gasteiger partial charge in [0.05, 0.1) is 16.4 Å². The van der Waals surface area contributed by atoms with Crippen molar-refractivity contribution in [1.29, 1.82) is 0 Å². The van der Waals surface area contributed by atoms with E-state index in [2.05, 4.69) is 5.32 Å². The molecule has 5 nitrogen and oxygen atoms in total. The number of amides is 1. The zero-order chi connectivity index (χ0) is 15.8. The van der Waals surface area contributed by atoms with Gasteiger partial charge < -0.3 is 5.32 Å². The summed E-state index contributed by atoms with van der Waals surface area (Å²) in [5.74, 6) is 0.118. The molecule has 1 spiro atoms. The Morgan fingerprint density at radius 3 is 2.32 bits per heavy atom. The molecule has 1 saturated heterocycles. The van der Waals surface area contributed by atoms with Gasteiger partial charge in [0.1, 0.15) is 0 Å². The summed E-state index contributed by atoms with van der Waals surface area (Å²) in [5.41, 5.74) is 0.721. The number of benzene rings is 1. The van der Waals surface area contributed by atoms with Crippen LogP contribution in [0.4, 0.5) is 0 Å². The van der Waals surface area contributed by atoms with E-state index in [9.17, 15) is 13.2 Å². The summed E-state index contributed by atoms with van der Waals surface area (Å²) in [7, 11) is -3.73. The molecule has 0 aromatic heterocycles. The van der Waals surface area contributed by atoms with Gasteiger partial charge in [0.2, 0.25) is 5.91 Å². The lowest BCUT2D eigenvalue weighted by Crippen LogP contribution is -2.37. The Kier molecular flexibility index (Phi) is 3.99. The first-order valence-electron chi connectivity index (χ1n) is 7.70. The van der Waals surface area contributed by atoms with Crippen LogP contribution < -0.4 is 5.32 Å². The van der Waals surface area contributed by atoms with Crippen molar-refractivity contribution in [3.8, 4) is 0 Å². The molecule has 1 amide bonds. The molecule has 2 fully saturated rings. The third kappa shape index (κ3) is 2.90. The van der Waals surface area contributed by atoms with E-state index < -0.39 is 10.1 Å². The third-order valence-electron chi connectivity index (χ3n) is 4.83. The SMILES string of the molecule is Cc1ccc(S(=O)(=O)OC2CCC3(CCNC3=O)CC2)cc1. The normalized spacial score (nSPS) is 28.8. The zero-order valence-electron chi connectivity index (χ0n) is 12.7. The van der Waals surface area contributed by atoms with Crippen molar-refractivity contribution < 1.29 is 17.4 Å². The van der Waals surface area contributed by atoms with E-state index in [1.54, 1.807) is 24.3 Å². The van der Waals surface area contributed by atoms with E-state index in [1.165, 1.54) is 0 Å². The molecule has 3 rings (SSSR count). The largest absolute Gasteiger partial charge is 0.356 e. The van der Waals surface area contributed by atoms with Crippen molar-refractivity contribution >= 4 is 16.0 Å². The summed E-state index contributed by atoms with van der Waals surface area (Å²) in [6.45, 7) is 2.64. The highest BCUT2D eigenvalue weighted by molar-refractivity contribution is 7.86. The lowest BCUT2D eigenvalue weighted by Gasteiger charge is -2.34. The number of carbonyl (C=O) groups is 1. The second kappa shape index (κ2) is 5.66. The van der Waals surface area contributed by atoms with Crippen LogP contribution in [0.1, 0.15) is 37.7 Å². The third-order valence-corrected chi connectivity index (χ3v) is 6.21. The highest BCUT2D eigenvalue weighted by Gasteiger charge is 2.45. The van der Waals surface area contributed by atoms with Crippen LogP contribution in [0.5, 0.6) is 0 Å². The Labute approximate surface area is 131 Å². The van der Waals surface area contributed by atoms with Crippen LogP contribution in [-0.2, 0) is 19.1 Å². The van der Waals surface area contributed by atoms with E-state index in [1.807, 2.05) is 6.92 Å². The fraction of sp³-hybridized carbons (Fsp3) is 0.562. The van der Waals surface area contributed by atoms with Crippen LogP contribution in [0.2, 0.25) is 0 Å². The molecule has 1 heterocycles. The molecule has 1 aliphatic carbocycles. The van der Waals surface area contributed by atoms with Crippen molar-refractivity contribution in [2.45, 2.75) is 50.0 Å². The summed E-state index contributed by atoms with van der Waals surface area (Å²) in [6.07, 6.45) is 3.14. The van der Waals surface area contributed by atoms with E-state index >= 15 is 0 Å². The van der Waals surface area contributed by atoms with Gasteiger partial charge in [0, 0.05) is 6.54 Å². The lowest BCUT2D eigenvalue weighted by atomic mass is 9.72. The van der Waals surface area contributed by atoms with Crippen molar-refractivity contribution in [3.05, 3.63) is 29.8 Å². The molecule has 1 aliphatic heterocycles. The number of nitrogens with one attached hydrogen (secondary N) is 1. The Morgan fingerprint density at radius 2 is 1.77 bits per heavy atom. The Bertz CT molecular complexity index is 658. The Morgan fingerprint density at radius 1 is 1.14 bits per heavy atom. The topological polar surface area (TPSA) is 72.5 Å². The molecule has 0 unspecified atom stereocenters. The van der Waals surface area contributed by atoms with Crippen LogP contribution in [0.25, 0.3) is 0 Å². The average molecular weight is 323 g/mol. The first-order valence-corrected chi connectivity index (χ1v) is 9.10. The van der Waals surface area contributed by atoms with Crippen molar-refractivity contribution in [2.75, 3.05) is 6.54 Å². The molecule has 1 aromatic carbocycles. The quantitative estimate of drug-likeness (QED) is 0.865. The second-order valence-corrected chi connectivity index (χ2v) is 7.92. The summed E-state index contributed by atoms with van der Waals surface area (Å²) in [6, 6.07) is 6.66. The molecule has 0 bridgehead atoms. The Hall–Kier alpha value is -1.40. The molecule has 1 saturated carbocycles. The maximum atomic E-state index is 12.3. The van der Waals surface area contributed by atoms with Crippen LogP contribution in [-0.4, -0.2) is 27.0 Å². The van der Waals surface area contributed by atoms with Crippen LogP contribution in [0.15, 0.2) is 29.2 Å². The first-order chi connectivity index (χ1) is 10.4. The van der Waals surface area contributed by atoms with Gasteiger partial charge in [-0.15, -0.1) is 0 Å². The molecule has 1 N–H and O–H groups in total. The van der Waals surface area contributed by atoms with Gasteiger partial charge in [-0.3, -0.25) is 8.98 Å². The van der Waals surface area contributed by atoms with E-state index in [-0.39, 0.29) is 22.3 Å². The van der Waals surface area contributed by atoms with Crippen LogP contribution in [0, 0.1) is 12.3 Å². The maximum Gasteiger partial charge on any atom is 0.297 e. The highest BCUT2D eigenvalue weighted by Crippen LogP contribution is 2.43. The molecule has 1 aromatic rings. The van der Waals surface area contributed by atoms with Crippen LogP contribution >= 0.6 is 0 Å². The zero-order valence-corrected chi connectivity index (χ0v) is 13.5. The number of hydrogen-bond donors (Lipinski definition) is 1. The molecule has 0 radical (unpaired) electrons. The van der Waals surface area contributed by atoms with E-state index in [0.717, 1.165) is 18.5 Å². The van der Waals surface area contributed by atoms with Gasteiger partial charge in [0.25, 0.3) is 10.1 Å². The van der Waals surface area contributed by atoms with Gasteiger partial charge in [-0.05, 0) is 51.2 Å².